The lowest BCUT2D eigenvalue weighted by atomic mass is 10.0. The van der Waals surface area contributed by atoms with Crippen molar-refractivity contribution in [2.24, 2.45) is 0 Å². The molecule has 1 fully saturated rings. The summed E-state index contributed by atoms with van der Waals surface area (Å²) in [4.78, 5) is 14.5. The molecule has 20 heavy (non-hydrogen) atoms. The number of rotatable bonds is 2. The van der Waals surface area contributed by atoms with Crippen LogP contribution >= 0.6 is 0 Å². The highest BCUT2D eigenvalue weighted by molar-refractivity contribution is 7.94. The fourth-order valence-corrected chi connectivity index (χ4v) is 3.91. The summed E-state index contributed by atoms with van der Waals surface area (Å²) in [7, 11) is -3.52. The maximum absolute atomic E-state index is 12.4. The summed E-state index contributed by atoms with van der Waals surface area (Å²) in [5, 5.41) is 1.12. The number of hydrogen-bond acceptors (Lipinski definition) is 5. The molecule has 1 saturated heterocycles. The lowest BCUT2D eigenvalue weighted by molar-refractivity contribution is 0.0418. The predicted molar refractivity (Wildman–Crippen MR) is 73.3 cm³/mol. The number of carbonyl (C=O) groups excluding carboxylic acids is 1. The Morgan fingerprint density at radius 1 is 1.15 bits per heavy atom. The molecule has 2 aliphatic rings. The van der Waals surface area contributed by atoms with Gasteiger partial charge >= 0.3 is 0 Å². The predicted octanol–water partition coefficient (Wildman–Crippen LogP) is 0.873. The highest BCUT2D eigenvalue weighted by Gasteiger charge is 2.30. The number of Topliss-reactive ketones (excluding diaryl/α,β-unsaturated/α-hetero) is 1. The molecule has 3 rings (SSSR count). The smallest absolute Gasteiger partial charge is 0.201 e. The molecule has 2 heterocycles. The van der Waals surface area contributed by atoms with E-state index >= 15 is 0 Å². The molecular weight excluding hydrogens is 278 g/mol. The number of morpholine rings is 1. The van der Waals surface area contributed by atoms with Crippen LogP contribution in [-0.4, -0.2) is 51.9 Å². The van der Waals surface area contributed by atoms with Crippen LogP contribution in [0.3, 0.4) is 0 Å². The maximum Gasteiger partial charge on any atom is 0.201 e. The summed E-state index contributed by atoms with van der Waals surface area (Å²) < 4.78 is 29.6. The van der Waals surface area contributed by atoms with E-state index in [4.69, 9.17) is 4.74 Å². The largest absolute Gasteiger partial charge is 0.379 e. The minimum atomic E-state index is -3.52. The fraction of sp³-hybridized carbons (Fsp3) is 0.357. The summed E-state index contributed by atoms with van der Waals surface area (Å²) >= 11 is 0. The minimum Gasteiger partial charge on any atom is -0.379 e. The van der Waals surface area contributed by atoms with Crippen LogP contribution in [0, 0.1) is 0 Å². The van der Waals surface area contributed by atoms with Crippen LogP contribution < -0.4 is 0 Å². The summed E-state index contributed by atoms with van der Waals surface area (Å²) in [6.45, 7) is 3.02. The Bertz CT molecular complexity index is 672. The van der Waals surface area contributed by atoms with E-state index in [2.05, 4.69) is 0 Å². The molecule has 2 aliphatic heterocycles. The van der Waals surface area contributed by atoms with Crippen LogP contribution in [0.4, 0.5) is 0 Å². The van der Waals surface area contributed by atoms with E-state index in [-0.39, 0.29) is 16.2 Å². The minimum absolute atomic E-state index is 0.107. The van der Waals surface area contributed by atoms with E-state index in [0.717, 1.165) is 5.41 Å². The standard InChI is InChI=1S/C14H15NO4S/c16-14-11(9-15-5-7-19-8-6-15)10-20(17,18)13-4-2-1-3-12(13)14/h1-4,10H,5-9H2. The van der Waals surface area contributed by atoms with E-state index < -0.39 is 9.84 Å². The molecule has 106 valence electrons. The van der Waals surface area contributed by atoms with Gasteiger partial charge in [0.15, 0.2) is 5.78 Å². The van der Waals surface area contributed by atoms with Crippen molar-refractivity contribution in [3.8, 4) is 0 Å². The van der Waals surface area contributed by atoms with Crippen molar-refractivity contribution in [2.45, 2.75) is 4.90 Å². The van der Waals surface area contributed by atoms with Gasteiger partial charge in [0.25, 0.3) is 0 Å². The summed E-state index contributed by atoms with van der Waals surface area (Å²) in [5.74, 6) is -0.193. The number of fused-ring (bicyclic) bond motifs is 1. The van der Waals surface area contributed by atoms with Crippen LogP contribution in [0.2, 0.25) is 0 Å². The molecule has 0 atom stereocenters. The Morgan fingerprint density at radius 3 is 2.60 bits per heavy atom. The molecule has 5 nitrogen and oxygen atoms in total. The van der Waals surface area contributed by atoms with Gasteiger partial charge in [0.2, 0.25) is 9.84 Å². The maximum atomic E-state index is 12.4. The zero-order valence-corrected chi connectivity index (χ0v) is 11.7. The van der Waals surface area contributed by atoms with Gasteiger partial charge in [-0.1, -0.05) is 12.1 Å². The van der Waals surface area contributed by atoms with Gasteiger partial charge in [0, 0.05) is 36.2 Å². The summed E-state index contributed by atoms with van der Waals surface area (Å²) in [5.41, 5.74) is 0.615. The number of nitrogens with zero attached hydrogens (tertiary/aromatic N) is 1. The second-order valence-electron chi connectivity index (χ2n) is 4.90. The summed E-state index contributed by atoms with van der Waals surface area (Å²) in [6.07, 6.45) is 0. The number of carbonyl (C=O) groups is 1. The van der Waals surface area contributed by atoms with Gasteiger partial charge in [-0.25, -0.2) is 8.42 Å². The zero-order chi connectivity index (χ0) is 14.2. The number of sulfone groups is 1. The van der Waals surface area contributed by atoms with E-state index in [1.807, 2.05) is 4.90 Å². The van der Waals surface area contributed by atoms with Crippen molar-refractivity contribution in [3.63, 3.8) is 0 Å². The fourth-order valence-electron chi connectivity index (χ4n) is 2.49. The Hall–Kier alpha value is -1.50. The topological polar surface area (TPSA) is 63.7 Å². The molecule has 0 bridgehead atoms. The van der Waals surface area contributed by atoms with E-state index in [1.54, 1.807) is 18.2 Å². The second kappa shape index (κ2) is 5.12. The first-order valence-electron chi connectivity index (χ1n) is 6.47. The normalized spacial score (nSPS) is 22.2. The first-order chi connectivity index (χ1) is 9.58. The van der Waals surface area contributed by atoms with Crippen molar-refractivity contribution in [3.05, 3.63) is 40.8 Å². The first kappa shape index (κ1) is 13.5. The molecule has 0 N–H and O–H groups in total. The van der Waals surface area contributed by atoms with E-state index in [1.165, 1.54) is 6.07 Å². The monoisotopic (exact) mass is 293 g/mol. The highest BCUT2D eigenvalue weighted by atomic mass is 32.2. The molecule has 0 radical (unpaired) electrons. The van der Waals surface area contributed by atoms with Crippen molar-refractivity contribution < 1.29 is 17.9 Å². The molecule has 1 aromatic rings. The summed E-state index contributed by atoms with van der Waals surface area (Å²) in [6, 6.07) is 6.36. The SMILES string of the molecule is O=C1C(CN2CCOCC2)=CS(=O)(=O)c2ccccc21. The second-order valence-corrected chi connectivity index (χ2v) is 6.67. The Balaban J connectivity index is 1.93. The molecule has 0 aliphatic carbocycles. The third-order valence-corrected chi connectivity index (χ3v) is 5.09. The number of hydrogen-bond donors (Lipinski definition) is 0. The number of ether oxygens (including phenoxy) is 1. The lowest BCUT2D eigenvalue weighted by Crippen LogP contribution is -2.39. The number of benzene rings is 1. The van der Waals surface area contributed by atoms with Crippen LogP contribution in [0.25, 0.3) is 0 Å². The van der Waals surface area contributed by atoms with Gasteiger partial charge in [-0.05, 0) is 12.1 Å². The molecular formula is C14H15NO4S. The third kappa shape index (κ3) is 2.42. The van der Waals surface area contributed by atoms with Gasteiger partial charge in [-0.15, -0.1) is 0 Å². The van der Waals surface area contributed by atoms with Gasteiger partial charge in [-0.2, -0.15) is 0 Å². The first-order valence-corrected chi connectivity index (χ1v) is 8.02. The molecule has 0 saturated carbocycles. The van der Waals surface area contributed by atoms with Crippen LogP contribution in [0.15, 0.2) is 40.1 Å². The Morgan fingerprint density at radius 2 is 1.85 bits per heavy atom. The van der Waals surface area contributed by atoms with Crippen LogP contribution in [-0.2, 0) is 14.6 Å². The quantitative estimate of drug-likeness (QED) is 0.809. The Labute approximate surface area is 117 Å². The van der Waals surface area contributed by atoms with Gasteiger partial charge in [0.05, 0.1) is 18.1 Å². The molecule has 0 amide bonds. The average molecular weight is 293 g/mol. The van der Waals surface area contributed by atoms with Gasteiger partial charge in [0.1, 0.15) is 0 Å². The average Bonchev–Trinajstić information content (AvgIpc) is 2.46. The van der Waals surface area contributed by atoms with E-state index in [9.17, 15) is 13.2 Å². The van der Waals surface area contributed by atoms with Gasteiger partial charge < -0.3 is 4.74 Å². The van der Waals surface area contributed by atoms with Crippen molar-refractivity contribution >= 4 is 15.6 Å². The molecule has 0 spiro atoms. The highest BCUT2D eigenvalue weighted by Crippen LogP contribution is 2.27. The van der Waals surface area contributed by atoms with Crippen molar-refractivity contribution in [1.82, 2.24) is 4.90 Å². The van der Waals surface area contributed by atoms with Crippen molar-refractivity contribution in [2.75, 3.05) is 32.8 Å². The molecule has 0 aromatic heterocycles. The van der Waals surface area contributed by atoms with E-state index in [0.29, 0.717) is 38.4 Å². The van der Waals surface area contributed by atoms with Crippen LogP contribution in [0.1, 0.15) is 10.4 Å². The molecule has 0 unspecified atom stereocenters. The lowest BCUT2D eigenvalue weighted by Gasteiger charge is -2.28. The Kier molecular flexibility index (Phi) is 3.45. The number of ketones is 1. The third-order valence-electron chi connectivity index (χ3n) is 3.52. The molecule has 6 heteroatoms. The zero-order valence-electron chi connectivity index (χ0n) is 10.9. The van der Waals surface area contributed by atoms with Crippen LogP contribution in [0.5, 0.6) is 0 Å². The van der Waals surface area contributed by atoms with Gasteiger partial charge in [-0.3, -0.25) is 9.69 Å². The molecule has 1 aromatic carbocycles. The van der Waals surface area contributed by atoms with Crippen molar-refractivity contribution in [1.29, 1.82) is 0 Å².